The van der Waals surface area contributed by atoms with E-state index < -0.39 is 0 Å². The molecule has 0 heterocycles. The zero-order chi connectivity index (χ0) is 11.8. The van der Waals surface area contributed by atoms with Gasteiger partial charge in [-0.25, -0.2) is 0 Å². The Morgan fingerprint density at radius 1 is 1.44 bits per heavy atom. The Morgan fingerprint density at radius 2 is 2.12 bits per heavy atom. The van der Waals surface area contributed by atoms with E-state index in [9.17, 15) is 9.90 Å². The minimum atomic E-state index is -0.0506. The third-order valence-corrected chi connectivity index (χ3v) is 3.33. The molecule has 1 amide bonds. The molecule has 1 aromatic rings. The molecule has 16 heavy (non-hydrogen) atoms. The van der Waals surface area contributed by atoms with Gasteiger partial charge in [0.15, 0.2) is 0 Å². The summed E-state index contributed by atoms with van der Waals surface area (Å²) in [5.41, 5.74) is 1.32. The van der Waals surface area contributed by atoms with Gasteiger partial charge in [0.25, 0.3) is 5.91 Å². The number of carbonyl (C=O) groups is 1. The second-order valence-electron chi connectivity index (χ2n) is 4.87. The van der Waals surface area contributed by atoms with Crippen LogP contribution in [0.15, 0.2) is 18.2 Å². The molecular formula is C13H17NO2. The topological polar surface area (TPSA) is 49.3 Å². The maximum atomic E-state index is 11.9. The van der Waals surface area contributed by atoms with E-state index in [4.69, 9.17) is 0 Å². The first kappa shape index (κ1) is 11.0. The SMILES string of the molecule is Cc1cc(C(=O)NC2(C)CCC2)ccc1O. The van der Waals surface area contributed by atoms with Crippen molar-refractivity contribution in [2.75, 3.05) is 0 Å². The van der Waals surface area contributed by atoms with Crippen LogP contribution in [0.3, 0.4) is 0 Å². The molecule has 0 unspecified atom stereocenters. The molecule has 0 bridgehead atoms. The maximum absolute atomic E-state index is 11.9. The Bertz CT molecular complexity index is 422. The summed E-state index contributed by atoms with van der Waals surface area (Å²) >= 11 is 0. The van der Waals surface area contributed by atoms with Gasteiger partial charge in [-0.2, -0.15) is 0 Å². The lowest BCUT2D eigenvalue weighted by atomic mass is 9.78. The Labute approximate surface area is 95.5 Å². The number of phenolic OH excluding ortho intramolecular Hbond substituents is 1. The summed E-state index contributed by atoms with van der Waals surface area (Å²) in [7, 11) is 0. The molecule has 0 atom stereocenters. The minimum absolute atomic E-state index is 0.0249. The number of benzene rings is 1. The average Bonchev–Trinajstić information content (AvgIpc) is 2.19. The molecule has 3 nitrogen and oxygen atoms in total. The molecule has 0 aromatic heterocycles. The van der Waals surface area contributed by atoms with E-state index in [0.717, 1.165) is 18.4 Å². The fraction of sp³-hybridized carbons (Fsp3) is 0.462. The molecule has 2 N–H and O–H groups in total. The van der Waals surface area contributed by atoms with Crippen LogP contribution in [0, 0.1) is 6.92 Å². The lowest BCUT2D eigenvalue weighted by molar-refractivity contribution is 0.0850. The molecule has 1 aliphatic carbocycles. The van der Waals surface area contributed by atoms with Gasteiger partial charge < -0.3 is 10.4 Å². The largest absolute Gasteiger partial charge is 0.508 e. The molecule has 0 saturated heterocycles. The number of hydrogen-bond acceptors (Lipinski definition) is 2. The molecule has 2 rings (SSSR count). The normalized spacial score (nSPS) is 17.6. The molecule has 1 fully saturated rings. The van der Waals surface area contributed by atoms with Crippen LogP contribution in [0.2, 0.25) is 0 Å². The van der Waals surface area contributed by atoms with E-state index in [1.54, 1.807) is 25.1 Å². The molecule has 86 valence electrons. The standard InChI is InChI=1S/C13H17NO2/c1-9-8-10(4-5-11(9)15)12(16)14-13(2)6-3-7-13/h4-5,8,15H,3,6-7H2,1-2H3,(H,14,16). The van der Waals surface area contributed by atoms with Crippen LogP contribution < -0.4 is 5.32 Å². The predicted octanol–water partition coefficient (Wildman–Crippen LogP) is 2.37. The first-order valence-corrected chi connectivity index (χ1v) is 5.62. The highest BCUT2D eigenvalue weighted by Gasteiger charge is 2.33. The number of phenols is 1. The first-order valence-electron chi connectivity index (χ1n) is 5.62. The molecule has 1 saturated carbocycles. The van der Waals surface area contributed by atoms with Crippen LogP contribution in [-0.2, 0) is 0 Å². The number of amides is 1. The number of hydrogen-bond donors (Lipinski definition) is 2. The van der Waals surface area contributed by atoms with E-state index in [1.807, 2.05) is 0 Å². The molecule has 0 aliphatic heterocycles. The van der Waals surface area contributed by atoms with E-state index in [-0.39, 0.29) is 17.2 Å². The Kier molecular flexibility index (Phi) is 2.62. The van der Waals surface area contributed by atoms with E-state index in [0.29, 0.717) is 5.56 Å². The number of nitrogens with one attached hydrogen (secondary N) is 1. The Balaban J connectivity index is 2.11. The quantitative estimate of drug-likeness (QED) is 0.802. The monoisotopic (exact) mass is 219 g/mol. The summed E-state index contributed by atoms with van der Waals surface area (Å²) in [5.74, 6) is 0.178. The van der Waals surface area contributed by atoms with Crippen molar-refractivity contribution in [1.82, 2.24) is 5.32 Å². The van der Waals surface area contributed by atoms with Crippen LogP contribution >= 0.6 is 0 Å². The van der Waals surface area contributed by atoms with Gasteiger partial charge >= 0.3 is 0 Å². The van der Waals surface area contributed by atoms with Crippen LogP contribution in [-0.4, -0.2) is 16.6 Å². The number of aromatic hydroxyl groups is 1. The van der Waals surface area contributed by atoms with E-state index >= 15 is 0 Å². The van der Waals surface area contributed by atoms with Crippen molar-refractivity contribution in [3.63, 3.8) is 0 Å². The van der Waals surface area contributed by atoms with Crippen LogP contribution in [0.5, 0.6) is 5.75 Å². The summed E-state index contributed by atoms with van der Waals surface area (Å²) in [5, 5.41) is 12.4. The Hall–Kier alpha value is -1.51. The zero-order valence-electron chi connectivity index (χ0n) is 9.71. The van der Waals surface area contributed by atoms with Crippen LogP contribution in [0.25, 0.3) is 0 Å². The molecule has 1 aliphatic rings. The lowest BCUT2D eigenvalue weighted by Gasteiger charge is -2.39. The van der Waals surface area contributed by atoms with Crippen molar-refractivity contribution < 1.29 is 9.90 Å². The molecule has 0 radical (unpaired) electrons. The fourth-order valence-corrected chi connectivity index (χ4v) is 1.98. The number of carbonyl (C=O) groups excluding carboxylic acids is 1. The second-order valence-corrected chi connectivity index (χ2v) is 4.87. The number of rotatable bonds is 2. The predicted molar refractivity (Wildman–Crippen MR) is 62.6 cm³/mol. The lowest BCUT2D eigenvalue weighted by Crippen LogP contribution is -2.50. The van der Waals surface area contributed by atoms with Gasteiger partial charge in [0.05, 0.1) is 0 Å². The summed E-state index contributed by atoms with van der Waals surface area (Å²) in [4.78, 5) is 11.9. The van der Waals surface area contributed by atoms with Crippen molar-refractivity contribution >= 4 is 5.91 Å². The maximum Gasteiger partial charge on any atom is 0.251 e. The van der Waals surface area contributed by atoms with Gasteiger partial charge in [0.1, 0.15) is 5.75 Å². The van der Waals surface area contributed by atoms with Crippen molar-refractivity contribution in [3.8, 4) is 5.75 Å². The van der Waals surface area contributed by atoms with Gasteiger partial charge in [-0.15, -0.1) is 0 Å². The van der Waals surface area contributed by atoms with Crippen LogP contribution in [0.1, 0.15) is 42.1 Å². The van der Waals surface area contributed by atoms with Crippen molar-refractivity contribution in [3.05, 3.63) is 29.3 Å². The summed E-state index contributed by atoms with van der Waals surface area (Å²) in [6, 6.07) is 4.93. The third-order valence-electron chi connectivity index (χ3n) is 3.33. The summed E-state index contributed by atoms with van der Waals surface area (Å²) < 4.78 is 0. The van der Waals surface area contributed by atoms with Gasteiger partial charge in [0, 0.05) is 11.1 Å². The highest BCUT2D eigenvalue weighted by atomic mass is 16.3. The van der Waals surface area contributed by atoms with Gasteiger partial charge in [0.2, 0.25) is 0 Å². The molecular weight excluding hydrogens is 202 g/mol. The third kappa shape index (κ3) is 2.03. The van der Waals surface area contributed by atoms with Gasteiger partial charge in [-0.05, 0) is 56.9 Å². The van der Waals surface area contributed by atoms with Crippen molar-refractivity contribution in [1.29, 1.82) is 0 Å². The second kappa shape index (κ2) is 3.81. The summed E-state index contributed by atoms with van der Waals surface area (Å²) in [6.45, 7) is 3.86. The highest BCUT2D eigenvalue weighted by molar-refractivity contribution is 5.95. The molecule has 1 aromatic carbocycles. The zero-order valence-corrected chi connectivity index (χ0v) is 9.71. The summed E-state index contributed by atoms with van der Waals surface area (Å²) in [6.07, 6.45) is 3.29. The fourth-order valence-electron chi connectivity index (χ4n) is 1.98. The smallest absolute Gasteiger partial charge is 0.251 e. The minimum Gasteiger partial charge on any atom is -0.508 e. The van der Waals surface area contributed by atoms with Gasteiger partial charge in [-0.3, -0.25) is 4.79 Å². The Morgan fingerprint density at radius 3 is 2.62 bits per heavy atom. The highest BCUT2D eigenvalue weighted by Crippen LogP contribution is 2.31. The molecule has 3 heteroatoms. The van der Waals surface area contributed by atoms with Crippen molar-refractivity contribution in [2.45, 2.75) is 38.6 Å². The van der Waals surface area contributed by atoms with Crippen molar-refractivity contribution in [2.24, 2.45) is 0 Å². The van der Waals surface area contributed by atoms with E-state index in [1.165, 1.54) is 6.42 Å². The number of aryl methyl sites for hydroxylation is 1. The van der Waals surface area contributed by atoms with Gasteiger partial charge in [-0.1, -0.05) is 0 Å². The van der Waals surface area contributed by atoms with Crippen LogP contribution in [0.4, 0.5) is 0 Å². The molecule has 0 spiro atoms. The average molecular weight is 219 g/mol. The first-order chi connectivity index (χ1) is 7.50. The van der Waals surface area contributed by atoms with E-state index in [2.05, 4.69) is 12.2 Å².